The van der Waals surface area contributed by atoms with Gasteiger partial charge in [0.1, 0.15) is 18.1 Å². The molecule has 0 aliphatic rings. The Hall–Kier alpha value is -4.05. The highest BCUT2D eigenvalue weighted by molar-refractivity contribution is 5.95. The van der Waals surface area contributed by atoms with Crippen LogP contribution < -0.4 is 33.2 Å². The number of aliphatic carboxylic acids is 2. The van der Waals surface area contributed by atoms with Crippen molar-refractivity contribution in [1.29, 1.82) is 0 Å². The Morgan fingerprint density at radius 3 is 2.08 bits per heavy atom. The summed E-state index contributed by atoms with van der Waals surface area (Å²) in [7, 11) is 0. The fraction of sp³-hybridized carbons (Fsp3) is 0.571. The minimum absolute atomic E-state index is 0.0493. The number of carbonyl (C=O) groups excluding carboxylic acids is 4. The van der Waals surface area contributed by atoms with Crippen molar-refractivity contribution in [1.82, 2.24) is 25.9 Å². The first-order valence-corrected chi connectivity index (χ1v) is 11.5. The predicted octanol–water partition coefficient (Wildman–Crippen LogP) is -3.31. The summed E-state index contributed by atoms with van der Waals surface area (Å²) in [6, 6.07) is -5.47. The Balaban J connectivity index is 3.01. The molecule has 0 aromatic carbocycles. The average Bonchev–Trinajstić information content (AvgIpc) is 3.33. The van der Waals surface area contributed by atoms with Crippen LogP contribution in [0.2, 0.25) is 0 Å². The molecule has 0 radical (unpaired) electrons. The molecule has 4 unspecified atom stereocenters. The summed E-state index contributed by atoms with van der Waals surface area (Å²) in [5, 5.41) is 25.5. The summed E-state index contributed by atoms with van der Waals surface area (Å²) < 4.78 is 0. The number of nitrogens with two attached hydrogens (primary N) is 3. The van der Waals surface area contributed by atoms with E-state index in [0.717, 1.165) is 0 Å². The maximum atomic E-state index is 13.0. The number of unbranched alkanes of at least 4 members (excludes halogenated alkanes) is 1. The molecule has 0 spiro atoms. The Morgan fingerprint density at radius 1 is 0.919 bits per heavy atom. The number of rotatable bonds is 18. The van der Waals surface area contributed by atoms with E-state index in [1.807, 2.05) is 0 Å². The van der Waals surface area contributed by atoms with Gasteiger partial charge in [0.15, 0.2) is 0 Å². The monoisotopic (exact) mass is 526 g/mol. The molecule has 16 heteroatoms. The van der Waals surface area contributed by atoms with E-state index < -0.39 is 66.2 Å². The van der Waals surface area contributed by atoms with Crippen LogP contribution in [-0.4, -0.2) is 86.5 Å². The van der Waals surface area contributed by atoms with Crippen LogP contribution in [-0.2, 0) is 35.2 Å². The van der Waals surface area contributed by atoms with Crippen molar-refractivity contribution >= 4 is 35.6 Å². The largest absolute Gasteiger partial charge is 0.481 e. The second kappa shape index (κ2) is 15.8. The van der Waals surface area contributed by atoms with Gasteiger partial charge in [-0.05, 0) is 32.2 Å². The standard InChI is InChI=1S/C21H34N8O8/c22-6-2-1-3-13(21(36)37)27-20(35)15(8-17(31)32)29-19(34)14(7-11-9-25-10-26-11)28-18(33)12(23)4-5-16(24)30/h9-10,12-15H,1-8,22-23H2,(H2,24,30)(H,25,26)(H,27,35)(H,28,33)(H,29,34)(H,31,32)(H,36,37). The average molecular weight is 527 g/mol. The third-order valence-electron chi connectivity index (χ3n) is 5.22. The number of carbonyl (C=O) groups is 6. The van der Waals surface area contributed by atoms with Crippen molar-refractivity contribution < 1.29 is 39.0 Å². The van der Waals surface area contributed by atoms with Gasteiger partial charge in [0.2, 0.25) is 23.6 Å². The minimum atomic E-state index is -1.65. The Bertz CT molecular complexity index is 939. The fourth-order valence-corrected chi connectivity index (χ4v) is 3.21. The first-order valence-electron chi connectivity index (χ1n) is 11.5. The van der Waals surface area contributed by atoms with Crippen LogP contribution >= 0.6 is 0 Å². The quantitative estimate of drug-likeness (QED) is 0.0853. The molecule has 12 N–H and O–H groups in total. The number of aromatic nitrogens is 2. The lowest BCUT2D eigenvalue weighted by Gasteiger charge is -2.24. The van der Waals surface area contributed by atoms with Gasteiger partial charge in [0, 0.05) is 24.7 Å². The molecule has 4 atom stereocenters. The summed E-state index contributed by atoms with van der Waals surface area (Å²) in [6.45, 7) is 0.327. The van der Waals surface area contributed by atoms with E-state index in [9.17, 15) is 39.0 Å². The number of nitrogens with one attached hydrogen (secondary N) is 4. The van der Waals surface area contributed by atoms with Gasteiger partial charge < -0.3 is 48.3 Å². The molecular formula is C21H34N8O8. The third kappa shape index (κ3) is 12.0. The van der Waals surface area contributed by atoms with Crippen molar-refractivity contribution in [2.24, 2.45) is 17.2 Å². The predicted molar refractivity (Wildman–Crippen MR) is 127 cm³/mol. The van der Waals surface area contributed by atoms with Crippen molar-refractivity contribution in [3.05, 3.63) is 18.2 Å². The number of carboxylic acid groups (broad SMARTS) is 2. The highest BCUT2D eigenvalue weighted by Gasteiger charge is 2.32. The normalized spacial score (nSPS) is 14.0. The summed E-state index contributed by atoms with van der Waals surface area (Å²) in [6.07, 6.45) is 2.47. The van der Waals surface area contributed by atoms with Crippen LogP contribution in [0.25, 0.3) is 0 Å². The van der Waals surface area contributed by atoms with Crippen molar-refractivity contribution in [2.45, 2.75) is 69.1 Å². The van der Waals surface area contributed by atoms with Crippen LogP contribution in [0.4, 0.5) is 0 Å². The summed E-state index contributed by atoms with van der Waals surface area (Å²) in [5.74, 6) is -6.17. The Labute approximate surface area is 212 Å². The lowest BCUT2D eigenvalue weighted by molar-refractivity contribution is -0.143. The highest BCUT2D eigenvalue weighted by atomic mass is 16.4. The molecule has 1 rings (SSSR count). The molecule has 0 aliphatic carbocycles. The minimum Gasteiger partial charge on any atom is -0.481 e. The first kappa shape index (κ1) is 31.0. The van der Waals surface area contributed by atoms with Gasteiger partial charge in [-0.1, -0.05) is 0 Å². The second-order valence-corrected chi connectivity index (χ2v) is 8.30. The molecule has 1 aromatic heterocycles. The van der Waals surface area contributed by atoms with Gasteiger partial charge in [0.05, 0.1) is 18.8 Å². The van der Waals surface area contributed by atoms with Gasteiger partial charge in [-0.2, -0.15) is 0 Å². The van der Waals surface area contributed by atoms with Crippen molar-refractivity contribution in [3.8, 4) is 0 Å². The number of imidazole rings is 1. The molecule has 0 bridgehead atoms. The Morgan fingerprint density at radius 2 is 1.54 bits per heavy atom. The van der Waals surface area contributed by atoms with E-state index in [0.29, 0.717) is 25.1 Å². The zero-order valence-electron chi connectivity index (χ0n) is 20.1. The number of primary amides is 1. The van der Waals surface area contributed by atoms with Crippen LogP contribution in [0.3, 0.4) is 0 Å². The fourth-order valence-electron chi connectivity index (χ4n) is 3.21. The Kier molecular flexibility index (Phi) is 13.3. The van der Waals surface area contributed by atoms with E-state index in [1.165, 1.54) is 12.5 Å². The van der Waals surface area contributed by atoms with Crippen molar-refractivity contribution in [2.75, 3.05) is 6.54 Å². The van der Waals surface area contributed by atoms with E-state index in [2.05, 4.69) is 25.9 Å². The summed E-state index contributed by atoms with van der Waals surface area (Å²) in [5.41, 5.74) is 16.6. The van der Waals surface area contributed by atoms with Gasteiger partial charge in [-0.15, -0.1) is 0 Å². The zero-order chi connectivity index (χ0) is 28.0. The molecule has 16 nitrogen and oxygen atoms in total. The van der Waals surface area contributed by atoms with Crippen LogP contribution in [0.1, 0.15) is 44.2 Å². The summed E-state index contributed by atoms with van der Waals surface area (Å²) >= 11 is 0. The van der Waals surface area contributed by atoms with E-state index in [1.54, 1.807) is 0 Å². The number of hydrogen-bond donors (Lipinski definition) is 9. The van der Waals surface area contributed by atoms with Crippen molar-refractivity contribution in [3.63, 3.8) is 0 Å². The first-order chi connectivity index (χ1) is 17.4. The van der Waals surface area contributed by atoms with Crippen LogP contribution in [0.5, 0.6) is 0 Å². The number of aromatic amines is 1. The topological polar surface area (TPSA) is 286 Å². The lowest BCUT2D eigenvalue weighted by atomic mass is 10.1. The SMILES string of the molecule is NCCCCC(NC(=O)C(CC(=O)O)NC(=O)C(Cc1cnc[nH]1)NC(=O)C(N)CCC(N)=O)C(=O)O. The zero-order valence-corrected chi connectivity index (χ0v) is 20.1. The summed E-state index contributed by atoms with van der Waals surface area (Å²) in [4.78, 5) is 78.7. The molecule has 1 heterocycles. The number of nitrogens with zero attached hydrogens (tertiary/aromatic N) is 1. The number of amides is 4. The molecule has 0 saturated heterocycles. The maximum absolute atomic E-state index is 13.0. The second-order valence-electron chi connectivity index (χ2n) is 8.30. The van der Waals surface area contributed by atoms with Gasteiger partial charge in [-0.3, -0.25) is 24.0 Å². The molecular weight excluding hydrogens is 492 g/mol. The molecule has 0 fully saturated rings. The van der Waals surface area contributed by atoms with E-state index in [4.69, 9.17) is 17.2 Å². The number of H-pyrrole nitrogens is 1. The third-order valence-corrected chi connectivity index (χ3v) is 5.22. The van der Waals surface area contributed by atoms with Gasteiger partial charge >= 0.3 is 11.9 Å². The molecule has 1 aromatic rings. The smallest absolute Gasteiger partial charge is 0.326 e. The van der Waals surface area contributed by atoms with Gasteiger partial charge in [0.25, 0.3) is 0 Å². The molecule has 0 aliphatic heterocycles. The molecule has 4 amide bonds. The number of hydrogen-bond acceptors (Lipinski definition) is 9. The van der Waals surface area contributed by atoms with Crippen LogP contribution in [0.15, 0.2) is 12.5 Å². The lowest BCUT2D eigenvalue weighted by Crippen LogP contribution is -2.58. The molecule has 37 heavy (non-hydrogen) atoms. The molecule has 206 valence electrons. The van der Waals surface area contributed by atoms with Gasteiger partial charge in [-0.25, -0.2) is 9.78 Å². The number of carboxylic acids is 2. The highest BCUT2D eigenvalue weighted by Crippen LogP contribution is 2.05. The molecule has 0 saturated carbocycles. The van der Waals surface area contributed by atoms with E-state index in [-0.39, 0.29) is 25.7 Å². The van der Waals surface area contributed by atoms with Crippen LogP contribution in [0, 0.1) is 0 Å². The van der Waals surface area contributed by atoms with E-state index >= 15 is 0 Å². The maximum Gasteiger partial charge on any atom is 0.326 e.